The normalized spacial score (nSPS) is 15.2. The topological polar surface area (TPSA) is 15.3 Å². The highest BCUT2D eigenvalue weighted by molar-refractivity contribution is 7.80. The zero-order valence-electron chi connectivity index (χ0n) is 12.3. The first-order chi connectivity index (χ1) is 10.2. The van der Waals surface area contributed by atoms with Crippen molar-refractivity contribution in [2.24, 2.45) is 0 Å². The summed E-state index contributed by atoms with van der Waals surface area (Å²) < 4.78 is 0. The Bertz CT molecular complexity index is 624. The fraction of sp³-hybridized carbons (Fsp3) is 0.278. The van der Waals surface area contributed by atoms with E-state index in [1.165, 1.54) is 16.7 Å². The highest BCUT2D eigenvalue weighted by atomic mass is 32.1. The number of hydrogen-bond donors (Lipinski definition) is 1. The predicted octanol–water partition coefficient (Wildman–Crippen LogP) is 3.68. The Morgan fingerprint density at radius 1 is 1.05 bits per heavy atom. The summed E-state index contributed by atoms with van der Waals surface area (Å²) in [5.74, 6) is 0. The average molecular weight is 296 g/mol. The molecular formula is C18H20N2S. The Labute approximate surface area is 131 Å². The van der Waals surface area contributed by atoms with E-state index in [-0.39, 0.29) is 6.04 Å². The number of nitrogens with zero attached hydrogens (tertiary/aromatic N) is 1. The van der Waals surface area contributed by atoms with Crippen molar-refractivity contribution in [1.82, 2.24) is 10.2 Å². The fourth-order valence-electron chi connectivity index (χ4n) is 2.77. The molecule has 0 spiro atoms. The second-order valence-electron chi connectivity index (χ2n) is 5.52. The van der Waals surface area contributed by atoms with Gasteiger partial charge in [0, 0.05) is 13.1 Å². The van der Waals surface area contributed by atoms with Crippen LogP contribution in [0.3, 0.4) is 0 Å². The fourth-order valence-corrected chi connectivity index (χ4v) is 3.10. The molecule has 2 aromatic rings. The molecule has 0 aliphatic carbocycles. The van der Waals surface area contributed by atoms with E-state index in [0.29, 0.717) is 0 Å². The minimum atomic E-state index is 0.232. The number of hydrogen-bond acceptors (Lipinski definition) is 1. The summed E-state index contributed by atoms with van der Waals surface area (Å²) in [5, 5.41) is 4.30. The molecule has 1 unspecified atom stereocenters. The SMILES string of the molecule is CC(NC(=S)N1CCc2ccccc2C1)c1ccccc1. The summed E-state index contributed by atoms with van der Waals surface area (Å²) in [5.41, 5.74) is 4.10. The van der Waals surface area contributed by atoms with Crippen LogP contribution in [0.2, 0.25) is 0 Å². The number of benzene rings is 2. The largest absolute Gasteiger partial charge is 0.356 e. The van der Waals surface area contributed by atoms with Crippen molar-refractivity contribution in [3.8, 4) is 0 Å². The van der Waals surface area contributed by atoms with Crippen molar-refractivity contribution >= 4 is 17.3 Å². The van der Waals surface area contributed by atoms with Crippen LogP contribution in [0.5, 0.6) is 0 Å². The van der Waals surface area contributed by atoms with Gasteiger partial charge in [-0.15, -0.1) is 0 Å². The third-order valence-electron chi connectivity index (χ3n) is 4.06. The molecule has 1 aliphatic heterocycles. The van der Waals surface area contributed by atoms with Gasteiger partial charge in [0.1, 0.15) is 0 Å². The second kappa shape index (κ2) is 6.27. The van der Waals surface area contributed by atoms with Crippen LogP contribution >= 0.6 is 12.2 Å². The molecule has 1 aliphatic rings. The van der Waals surface area contributed by atoms with Crippen LogP contribution in [-0.4, -0.2) is 16.6 Å². The van der Waals surface area contributed by atoms with Crippen molar-refractivity contribution < 1.29 is 0 Å². The Kier molecular flexibility index (Phi) is 4.20. The molecule has 21 heavy (non-hydrogen) atoms. The molecule has 0 saturated carbocycles. The summed E-state index contributed by atoms with van der Waals surface area (Å²) >= 11 is 5.59. The van der Waals surface area contributed by atoms with Crippen LogP contribution in [0, 0.1) is 0 Å². The van der Waals surface area contributed by atoms with Crippen LogP contribution in [0.4, 0.5) is 0 Å². The molecule has 108 valence electrons. The van der Waals surface area contributed by atoms with Crippen LogP contribution < -0.4 is 5.32 Å². The van der Waals surface area contributed by atoms with Crippen LogP contribution in [-0.2, 0) is 13.0 Å². The Hall–Kier alpha value is -1.87. The maximum absolute atomic E-state index is 5.59. The Morgan fingerprint density at radius 3 is 2.48 bits per heavy atom. The molecule has 0 radical (unpaired) electrons. The smallest absolute Gasteiger partial charge is 0.169 e. The minimum Gasteiger partial charge on any atom is -0.356 e. The lowest BCUT2D eigenvalue weighted by atomic mass is 10.0. The molecule has 3 rings (SSSR count). The molecule has 2 nitrogen and oxygen atoms in total. The zero-order chi connectivity index (χ0) is 14.7. The predicted molar refractivity (Wildman–Crippen MR) is 91.1 cm³/mol. The van der Waals surface area contributed by atoms with Crippen molar-refractivity contribution in [2.75, 3.05) is 6.54 Å². The van der Waals surface area contributed by atoms with E-state index < -0.39 is 0 Å². The molecule has 0 amide bonds. The number of rotatable bonds is 2. The van der Waals surface area contributed by atoms with Crippen molar-refractivity contribution in [3.05, 3.63) is 71.3 Å². The standard InChI is InChI=1S/C18H20N2S/c1-14(15-7-3-2-4-8-15)19-18(21)20-12-11-16-9-5-6-10-17(16)13-20/h2-10,14H,11-13H2,1H3,(H,19,21). The first kappa shape index (κ1) is 14.1. The Morgan fingerprint density at radius 2 is 1.71 bits per heavy atom. The molecule has 3 heteroatoms. The second-order valence-corrected chi connectivity index (χ2v) is 5.91. The maximum Gasteiger partial charge on any atom is 0.169 e. The van der Waals surface area contributed by atoms with Gasteiger partial charge in [-0.05, 0) is 42.3 Å². The van der Waals surface area contributed by atoms with Crippen molar-refractivity contribution in [2.45, 2.75) is 25.9 Å². The zero-order valence-corrected chi connectivity index (χ0v) is 13.1. The number of fused-ring (bicyclic) bond motifs is 1. The maximum atomic E-state index is 5.59. The lowest BCUT2D eigenvalue weighted by Gasteiger charge is -2.32. The monoisotopic (exact) mass is 296 g/mol. The first-order valence-electron chi connectivity index (χ1n) is 7.41. The molecule has 0 bridgehead atoms. The van der Waals surface area contributed by atoms with Gasteiger partial charge in [0.2, 0.25) is 0 Å². The molecule has 0 fully saturated rings. The van der Waals surface area contributed by atoms with E-state index in [4.69, 9.17) is 12.2 Å². The lowest BCUT2D eigenvalue weighted by Crippen LogP contribution is -2.43. The highest BCUT2D eigenvalue weighted by Gasteiger charge is 2.19. The van der Waals surface area contributed by atoms with Gasteiger partial charge in [-0.25, -0.2) is 0 Å². The molecule has 1 N–H and O–H groups in total. The van der Waals surface area contributed by atoms with E-state index in [0.717, 1.165) is 24.6 Å². The minimum absolute atomic E-state index is 0.232. The van der Waals surface area contributed by atoms with Gasteiger partial charge in [-0.2, -0.15) is 0 Å². The van der Waals surface area contributed by atoms with Gasteiger partial charge < -0.3 is 10.2 Å². The van der Waals surface area contributed by atoms with Gasteiger partial charge in [-0.3, -0.25) is 0 Å². The quantitative estimate of drug-likeness (QED) is 0.851. The summed E-state index contributed by atoms with van der Waals surface area (Å²) in [6.07, 6.45) is 1.07. The molecule has 1 atom stereocenters. The highest BCUT2D eigenvalue weighted by Crippen LogP contribution is 2.19. The van der Waals surface area contributed by atoms with Gasteiger partial charge in [0.05, 0.1) is 6.04 Å². The van der Waals surface area contributed by atoms with E-state index in [1.807, 2.05) is 6.07 Å². The van der Waals surface area contributed by atoms with E-state index in [1.54, 1.807) is 0 Å². The number of thiocarbonyl (C=S) groups is 1. The lowest BCUT2D eigenvalue weighted by molar-refractivity contribution is 0.382. The summed E-state index contributed by atoms with van der Waals surface area (Å²) in [6.45, 7) is 4.05. The van der Waals surface area contributed by atoms with Gasteiger partial charge in [0.25, 0.3) is 0 Å². The third kappa shape index (κ3) is 3.24. The summed E-state index contributed by atoms with van der Waals surface area (Å²) in [4.78, 5) is 2.26. The van der Waals surface area contributed by atoms with E-state index in [9.17, 15) is 0 Å². The van der Waals surface area contributed by atoms with Gasteiger partial charge >= 0.3 is 0 Å². The van der Waals surface area contributed by atoms with Crippen LogP contribution in [0.25, 0.3) is 0 Å². The van der Waals surface area contributed by atoms with E-state index >= 15 is 0 Å². The van der Waals surface area contributed by atoms with E-state index in [2.05, 4.69) is 65.7 Å². The average Bonchev–Trinajstić information content (AvgIpc) is 2.55. The van der Waals surface area contributed by atoms with Crippen LogP contribution in [0.1, 0.15) is 29.7 Å². The van der Waals surface area contributed by atoms with Crippen molar-refractivity contribution in [1.29, 1.82) is 0 Å². The van der Waals surface area contributed by atoms with Crippen molar-refractivity contribution in [3.63, 3.8) is 0 Å². The molecule has 0 saturated heterocycles. The van der Waals surface area contributed by atoms with Gasteiger partial charge in [-0.1, -0.05) is 54.6 Å². The molecule has 0 aromatic heterocycles. The Balaban J connectivity index is 1.65. The first-order valence-corrected chi connectivity index (χ1v) is 7.82. The van der Waals surface area contributed by atoms with Crippen LogP contribution in [0.15, 0.2) is 54.6 Å². The molecular weight excluding hydrogens is 276 g/mol. The summed E-state index contributed by atoms with van der Waals surface area (Å²) in [6, 6.07) is 19.3. The third-order valence-corrected chi connectivity index (χ3v) is 4.43. The van der Waals surface area contributed by atoms with Gasteiger partial charge in [0.15, 0.2) is 5.11 Å². The molecule has 1 heterocycles. The summed E-state index contributed by atoms with van der Waals surface area (Å²) in [7, 11) is 0. The molecule has 2 aromatic carbocycles. The number of nitrogens with one attached hydrogen (secondary N) is 1.